The molecule has 1 aromatic carbocycles. The molecule has 0 amide bonds. The summed E-state index contributed by atoms with van der Waals surface area (Å²) >= 11 is 0. The fraction of sp³-hybridized carbons (Fsp3) is 0.455. The number of non-ortho nitro benzene ring substituents is 1. The molecule has 6 nitrogen and oxygen atoms in total. The largest absolute Gasteiger partial charge is 0.270 e. The SMILES string of the molecule is CCCC(C)NS(=O)(=O)c1cccc([N+](=O)[O-])c1. The lowest BCUT2D eigenvalue weighted by Crippen LogP contribution is -2.32. The molecule has 0 aliphatic carbocycles. The zero-order valence-corrected chi connectivity index (χ0v) is 11.1. The Hall–Kier alpha value is -1.47. The number of nitro benzene ring substituents is 1. The summed E-state index contributed by atoms with van der Waals surface area (Å²) in [5.74, 6) is 0. The monoisotopic (exact) mass is 272 g/mol. The maximum absolute atomic E-state index is 12.0. The standard InChI is InChI=1S/C11H16N2O4S/c1-3-5-9(2)12-18(16,17)11-7-4-6-10(8-11)13(14)15/h4,6-9,12H,3,5H2,1-2H3. The second-order valence-corrected chi connectivity index (χ2v) is 5.78. The molecule has 1 unspecified atom stereocenters. The Morgan fingerprint density at radius 2 is 2.11 bits per heavy atom. The minimum Gasteiger partial charge on any atom is -0.258 e. The number of nitrogens with one attached hydrogen (secondary N) is 1. The van der Waals surface area contributed by atoms with Gasteiger partial charge in [-0.1, -0.05) is 19.4 Å². The van der Waals surface area contributed by atoms with E-state index in [1.165, 1.54) is 18.2 Å². The molecule has 0 saturated carbocycles. The summed E-state index contributed by atoms with van der Waals surface area (Å²) in [4.78, 5) is 9.89. The lowest BCUT2D eigenvalue weighted by atomic mass is 10.2. The first kappa shape index (κ1) is 14.6. The Morgan fingerprint density at radius 3 is 2.67 bits per heavy atom. The van der Waals surface area contributed by atoms with Gasteiger partial charge in [0.15, 0.2) is 0 Å². The number of hydrogen-bond donors (Lipinski definition) is 1. The number of sulfonamides is 1. The second-order valence-electron chi connectivity index (χ2n) is 4.07. The van der Waals surface area contributed by atoms with E-state index in [4.69, 9.17) is 0 Å². The van der Waals surface area contributed by atoms with Gasteiger partial charge in [0.05, 0.1) is 9.82 Å². The smallest absolute Gasteiger partial charge is 0.258 e. The lowest BCUT2D eigenvalue weighted by molar-refractivity contribution is -0.385. The summed E-state index contributed by atoms with van der Waals surface area (Å²) in [5.41, 5.74) is -0.235. The molecule has 0 spiro atoms. The van der Waals surface area contributed by atoms with E-state index in [1.54, 1.807) is 6.92 Å². The summed E-state index contributed by atoms with van der Waals surface area (Å²) in [6, 6.07) is 4.82. The van der Waals surface area contributed by atoms with E-state index >= 15 is 0 Å². The molecular formula is C11H16N2O4S. The third-order valence-corrected chi connectivity index (χ3v) is 4.00. The van der Waals surface area contributed by atoms with Gasteiger partial charge in [-0.25, -0.2) is 13.1 Å². The zero-order chi connectivity index (χ0) is 13.8. The zero-order valence-electron chi connectivity index (χ0n) is 10.3. The molecule has 0 aromatic heterocycles. The van der Waals surface area contributed by atoms with E-state index in [9.17, 15) is 18.5 Å². The van der Waals surface area contributed by atoms with Crippen molar-refractivity contribution in [3.8, 4) is 0 Å². The first-order valence-electron chi connectivity index (χ1n) is 5.63. The molecule has 1 rings (SSSR count). The molecule has 1 aromatic rings. The molecule has 18 heavy (non-hydrogen) atoms. The topological polar surface area (TPSA) is 89.3 Å². The van der Waals surface area contributed by atoms with Gasteiger partial charge in [0.2, 0.25) is 10.0 Å². The predicted octanol–water partition coefficient (Wildman–Crippen LogP) is 2.06. The molecule has 1 N–H and O–H groups in total. The van der Waals surface area contributed by atoms with Crippen LogP contribution in [0.1, 0.15) is 26.7 Å². The van der Waals surface area contributed by atoms with Crippen LogP contribution >= 0.6 is 0 Å². The van der Waals surface area contributed by atoms with Crippen LogP contribution in [-0.4, -0.2) is 19.4 Å². The van der Waals surface area contributed by atoms with E-state index in [2.05, 4.69) is 4.72 Å². The van der Waals surface area contributed by atoms with E-state index in [1.807, 2.05) is 6.92 Å². The van der Waals surface area contributed by atoms with Crippen LogP contribution < -0.4 is 4.72 Å². The molecule has 0 fully saturated rings. The van der Waals surface area contributed by atoms with E-state index in [-0.39, 0.29) is 16.6 Å². The summed E-state index contributed by atoms with van der Waals surface area (Å²) in [6.07, 6.45) is 1.58. The van der Waals surface area contributed by atoms with Gasteiger partial charge < -0.3 is 0 Å². The number of rotatable bonds is 6. The lowest BCUT2D eigenvalue weighted by Gasteiger charge is -2.12. The maximum atomic E-state index is 12.0. The van der Waals surface area contributed by atoms with Gasteiger partial charge in [-0.3, -0.25) is 10.1 Å². The van der Waals surface area contributed by atoms with Gasteiger partial charge >= 0.3 is 0 Å². The normalized spacial score (nSPS) is 13.2. The Morgan fingerprint density at radius 1 is 1.44 bits per heavy atom. The summed E-state index contributed by atoms with van der Waals surface area (Å²) in [6.45, 7) is 3.72. The summed E-state index contributed by atoms with van der Waals surface area (Å²) < 4.78 is 26.4. The van der Waals surface area contributed by atoms with Crippen LogP contribution in [0.25, 0.3) is 0 Å². The Balaban J connectivity index is 2.98. The Bertz CT molecular complexity index is 528. The van der Waals surface area contributed by atoms with Crippen LogP contribution in [0.5, 0.6) is 0 Å². The highest BCUT2D eigenvalue weighted by atomic mass is 32.2. The molecule has 0 aliphatic heterocycles. The Labute approximate surface area is 106 Å². The second kappa shape index (κ2) is 5.92. The quantitative estimate of drug-likeness (QED) is 0.634. The average molecular weight is 272 g/mol. The molecule has 0 aliphatic rings. The highest BCUT2D eigenvalue weighted by Gasteiger charge is 2.19. The molecule has 0 bridgehead atoms. The van der Waals surface area contributed by atoms with Gasteiger partial charge in [-0.15, -0.1) is 0 Å². The van der Waals surface area contributed by atoms with Crippen molar-refractivity contribution in [3.63, 3.8) is 0 Å². The first-order chi connectivity index (χ1) is 8.36. The van der Waals surface area contributed by atoms with Crippen molar-refractivity contribution in [2.24, 2.45) is 0 Å². The molecule has 0 heterocycles. The van der Waals surface area contributed by atoms with Crippen molar-refractivity contribution in [2.45, 2.75) is 37.6 Å². The summed E-state index contributed by atoms with van der Waals surface area (Å²) in [5, 5.41) is 10.6. The van der Waals surface area contributed by atoms with E-state index in [0.29, 0.717) is 6.42 Å². The van der Waals surface area contributed by atoms with Gasteiger partial charge in [0, 0.05) is 18.2 Å². The van der Waals surface area contributed by atoms with Crippen LogP contribution in [0.4, 0.5) is 5.69 Å². The third-order valence-electron chi connectivity index (χ3n) is 2.42. The predicted molar refractivity (Wildman–Crippen MR) is 67.8 cm³/mol. The van der Waals surface area contributed by atoms with Crippen LogP contribution in [0.2, 0.25) is 0 Å². The number of nitro groups is 1. The third kappa shape index (κ3) is 3.78. The van der Waals surface area contributed by atoms with E-state index < -0.39 is 14.9 Å². The maximum Gasteiger partial charge on any atom is 0.270 e. The molecule has 7 heteroatoms. The minimum atomic E-state index is -3.69. The Kier molecular flexibility index (Phi) is 4.80. The van der Waals surface area contributed by atoms with Crippen molar-refractivity contribution < 1.29 is 13.3 Å². The molecule has 1 atom stereocenters. The van der Waals surface area contributed by atoms with Crippen molar-refractivity contribution >= 4 is 15.7 Å². The van der Waals surface area contributed by atoms with Crippen molar-refractivity contribution in [1.82, 2.24) is 4.72 Å². The molecule has 0 radical (unpaired) electrons. The number of hydrogen-bond acceptors (Lipinski definition) is 4. The van der Waals surface area contributed by atoms with Gasteiger partial charge in [-0.2, -0.15) is 0 Å². The van der Waals surface area contributed by atoms with Crippen LogP contribution in [0.3, 0.4) is 0 Å². The van der Waals surface area contributed by atoms with Crippen molar-refractivity contribution in [2.75, 3.05) is 0 Å². The van der Waals surface area contributed by atoms with Gasteiger partial charge in [0.1, 0.15) is 0 Å². The van der Waals surface area contributed by atoms with Crippen LogP contribution in [-0.2, 0) is 10.0 Å². The van der Waals surface area contributed by atoms with Gasteiger partial charge in [0.25, 0.3) is 5.69 Å². The highest BCUT2D eigenvalue weighted by Crippen LogP contribution is 2.17. The van der Waals surface area contributed by atoms with Crippen molar-refractivity contribution in [1.29, 1.82) is 0 Å². The summed E-state index contributed by atoms with van der Waals surface area (Å²) in [7, 11) is -3.69. The number of nitrogens with zero attached hydrogens (tertiary/aromatic N) is 1. The highest BCUT2D eigenvalue weighted by molar-refractivity contribution is 7.89. The number of benzene rings is 1. The fourth-order valence-electron chi connectivity index (χ4n) is 1.59. The molecule has 0 saturated heterocycles. The van der Waals surface area contributed by atoms with Crippen molar-refractivity contribution in [3.05, 3.63) is 34.4 Å². The minimum absolute atomic E-state index is 0.0837. The molecular weight excluding hydrogens is 256 g/mol. The fourth-order valence-corrected chi connectivity index (χ4v) is 2.91. The van der Waals surface area contributed by atoms with Crippen LogP contribution in [0, 0.1) is 10.1 Å². The average Bonchev–Trinajstić information content (AvgIpc) is 2.28. The molecule has 100 valence electrons. The van der Waals surface area contributed by atoms with E-state index in [0.717, 1.165) is 12.5 Å². The van der Waals surface area contributed by atoms with Crippen LogP contribution in [0.15, 0.2) is 29.2 Å². The first-order valence-corrected chi connectivity index (χ1v) is 7.12. The van der Waals surface area contributed by atoms with Gasteiger partial charge in [-0.05, 0) is 19.4 Å².